The molecule has 0 radical (unpaired) electrons. The van der Waals surface area contributed by atoms with Crippen molar-refractivity contribution >= 4 is 21.6 Å². The summed E-state index contributed by atoms with van der Waals surface area (Å²) < 4.78 is 1.07. The molecule has 24 heavy (non-hydrogen) atoms. The van der Waals surface area contributed by atoms with Crippen molar-refractivity contribution in [2.45, 2.75) is 26.9 Å². The minimum atomic E-state index is 0.858. The number of anilines is 1. The average molecular weight is 381 g/mol. The Morgan fingerprint density at radius 2 is 1.33 bits per heavy atom. The van der Waals surface area contributed by atoms with Crippen LogP contribution in [0.25, 0.3) is 0 Å². The molecule has 122 valence electrons. The molecule has 0 aliphatic heterocycles. The Morgan fingerprint density at radius 3 is 1.83 bits per heavy atom. The van der Waals surface area contributed by atoms with Crippen LogP contribution in [0.4, 0.5) is 5.69 Å². The fourth-order valence-electron chi connectivity index (χ4n) is 2.86. The smallest absolute Gasteiger partial charge is 0.0622 e. The molecule has 2 nitrogen and oxygen atoms in total. The normalized spacial score (nSPS) is 10.6. The predicted octanol–water partition coefficient (Wildman–Crippen LogP) is 5.67. The maximum Gasteiger partial charge on any atom is 0.0622 e. The lowest BCUT2D eigenvalue weighted by atomic mass is 10.1. The summed E-state index contributed by atoms with van der Waals surface area (Å²) in [5.74, 6) is 0. The van der Waals surface area contributed by atoms with Gasteiger partial charge in [-0.15, -0.1) is 0 Å². The molecule has 0 aliphatic rings. The number of aromatic nitrogens is 1. The third kappa shape index (κ3) is 4.04. The number of pyridine rings is 1. The summed E-state index contributed by atoms with van der Waals surface area (Å²) >= 11 is 3.74. The first kappa shape index (κ1) is 16.7. The SMILES string of the molecule is Cc1cc(N(Cc2ccccc2)Cc2ccccc2)c(Br)c(C)n1. The van der Waals surface area contributed by atoms with Crippen LogP contribution >= 0.6 is 15.9 Å². The zero-order valence-corrected chi connectivity index (χ0v) is 15.6. The maximum atomic E-state index is 4.56. The zero-order chi connectivity index (χ0) is 16.9. The third-order valence-electron chi connectivity index (χ3n) is 4.01. The van der Waals surface area contributed by atoms with Gasteiger partial charge in [0.25, 0.3) is 0 Å². The van der Waals surface area contributed by atoms with Crippen LogP contribution in [0.15, 0.2) is 71.2 Å². The van der Waals surface area contributed by atoms with Crippen molar-refractivity contribution < 1.29 is 0 Å². The van der Waals surface area contributed by atoms with E-state index in [1.165, 1.54) is 16.8 Å². The molecule has 1 heterocycles. The molecule has 0 N–H and O–H groups in total. The molecule has 2 aromatic carbocycles. The van der Waals surface area contributed by atoms with E-state index in [2.05, 4.69) is 92.5 Å². The van der Waals surface area contributed by atoms with Crippen LogP contribution in [-0.2, 0) is 13.1 Å². The van der Waals surface area contributed by atoms with Gasteiger partial charge >= 0.3 is 0 Å². The number of hydrogen-bond donors (Lipinski definition) is 0. The summed E-state index contributed by atoms with van der Waals surface area (Å²) in [5.41, 5.74) is 5.85. The lowest BCUT2D eigenvalue weighted by Crippen LogP contribution is -2.23. The van der Waals surface area contributed by atoms with Gasteiger partial charge in [-0.1, -0.05) is 60.7 Å². The van der Waals surface area contributed by atoms with Gasteiger partial charge in [0.05, 0.1) is 15.9 Å². The van der Waals surface area contributed by atoms with Crippen molar-refractivity contribution in [3.8, 4) is 0 Å². The molecule has 1 aromatic heterocycles. The van der Waals surface area contributed by atoms with Gasteiger partial charge in [-0.05, 0) is 47.0 Å². The molecule has 0 atom stereocenters. The molecule has 0 spiro atoms. The first-order valence-corrected chi connectivity index (χ1v) is 8.89. The van der Waals surface area contributed by atoms with Gasteiger partial charge < -0.3 is 4.90 Å². The van der Waals surface area contributed by atoms with E-state index in [-0.39, 0.29) is 0 Å². The second-order valence-electron chi connectivity index (χ2n) is 6.01. The monoisotopic (exact) mass is 380 g/mol. The van der Waals surface area contributed by atoms with E-state index in [9.17, 15) is 0 Å². The molecule has 0 fully saturated rings. The van der Waals surface area contributed by atoms with Crippen molar-refractivity contribution in [1.29, 1.82) is 0 Å². The van der Waals surface area contributed by atoms with Crippen molar-refractivity contribution in [3.05, 3.63) is 93.7 Å². The molecule has 3 aromatic rings. The number of halogens is 1. The molecule has 0 amide bonds. The lowest BCUT2D eigenvalue weighted by Gasteiger charge is -2.27. The summed E-state index contributed by atoms with van der Waals surface area (Å²) in [6.07, 6.45) is 0. The summed E-state index contributed by atoms with van der Waals surface area (Å²) in [5, 5.41) is 0. The average Bonchev–Trinajstić information content (AvgIpc) is 2.59. The van der Waals surface area contributed by atoms with Crippen molar-refractivity contribution in [3.63, 3.8) is 0 Å². The summed E-state index contributed by atoms with van der Waals surface area (Å²) in [7, 11) is 0. The zero-order valence-electron chi connectivity index (χ0n) is 14.0. The van der Waals surface area contributed by atoms with Gasteiger partial charge in [0.1, 0.15) is 0 Å². The predicted molar refractivity (Wildman–Crippen MR) is 104 cm³/mol. The molecule has 0 saturated carbocycles. The van der Waals surface area contributed by atoms with Gasteiger partial charge in [0, 0.05) is 18.8 Å². The third-order valence-corrected chi connectivity index (χ3v) is 4.99. The number of hydrogen-bond acceptors (Lipinski definition) is 2. The van der Waals surface area contributed by atoms with E-state index in [1.807, 2.05) is 13.8 Å². The van der Waals surface area contributed by atoms with Gasteiger partial charge in [-0.3, -0.25) is 4.98 Å². The number of benzene rings is 2. The quantitative estimate of drug-likeness (QED) is 0.566. The van der Waals surface area contributed by atoms with E-state index in [1.54, 1.807) is 0 Å². The van der Waals surface area contributed by atoms with Crippen LogP contribution in [0.2, 0.25) is 0 Å². The van der Waals surface area contributed by atoms with Crippen molar-refractivity contribution in [2.75, 3.05) is 4.90 Å². The second kappa shape index (κ2) is 7.63. The summed E-state index contributed by atoms with van der Waals surface area (Å²) in [6.45, 7) is 5.81. The first-order chi connectivity index (χ1) is 11.6. The second-order valence-corrected chi connectivity index (χ2v) is 6.80. The highest BCUT2D eigenvalue weighted by Crippen LogP contribution is 2.31. The molecule has 0 aliphatic carbocycles. The molecule has 3 rings (SSSR count). The fourth-order valence-corrected chi connectivity index (χ4v) is 3.31. The van der Waals surface area contributed by atoms with Crippen molar-refractivity contribution in [2.24, 2.45) is 0 Å². The molecule has 0 bridgehead atoms. The van der Waals surface area contributed by atoms with E-state index in [4.69, 9.17) is 0 Å². The maximum absolute atomic E-state index is 4.56. The summed E-state index contributed by atoms with van der Waals surface area (Å²) in [4.78, 5) is 6.96. The van der Waals surface area contributed by atoms with Crippen LogP contribution in [0.5, 0.6) is 0 Å². The Kier molecular flexibility index (Phi) is 5.31. The van der Waals surface area contributed by atoms with Gasteiger partial charge in [-0.25, -0.2) is 0 Å². The van der Waals surface area contributed by atoms with E-state index in [0.29, 0.717) is 0 Å². The van der Waals surface area contributed by atoms with E-state index >= 15 is 0 Å². The fraction of sp³-hybridized carbons (Fsp3) is 0.190. The first-order valence-electron chi connectivity index (χ1n) is 8.10. The van der Waals surface area contributed by atoms with Crippen LogP contribution in [0.3, 0.4) is 0 Å². The van der Waals surface area contributed by atoms with Crippen LogP contribution in [0, 0.1) is 13.8 Å². The molecule has 0 unspecified atom stereocenters. The minimum absolute atomic E-state index is 0.858. The van der Waals surface area contributed by atoms with Gasteiger partial charge in [0.2, 0.25) is 0 Å². The van der Waals surface area contributed by atoms with Crippen LogP contribution in [-0.4, -0.2) is 4.98 Å². The van der Waals surface area contributed by atoms with Gasteiger partial charge in [-0.2, -0.15) is 0 Å². The molecule has 3 heteroatoms. The highest BCUT2D eigenvalue weighted by atomic mass is 79.9. The largest absolute Gasteiger partial charge is 0.362 e. The Hall–Kier alpha value is -2.13. The molecule has 0 saturated heterocycles. The highest BCUT2D eigenvalue weighted by molar-refractivity contribution is 9.10. The van der Waals surface area contributed by atoms with E-state index < -0.39 is 0 Å². The lowest BCUT2D eigenvalue weighted by molar-refractivity contribution is 0.793. The Labute approximate surface area is 152 Å². The number of rotatable bonds is 5. The van der Waals surface area contributed by atoms with E-state index in [0.717, 1.165) is 29.0 Å². The van der Waals surface area contributed by atoms with Crippen molar-refractivity contribution in [1.82, 2.24) is 4.98 Å². The van der Waals surface area contributed by atoms with Crippen LogP contribution < -0.4 is 4.90 Å². The highest BCUT2D eigenvalue weighted by Gasteiger charge is 2.14. The number of nitrogens with zero attached hydrogens (tertiary/aromatic N) is 2. The molecular formula is C21H21BrN2. The molecular weight excluding hydrogens is 360 g/mol. The minimum Gasteiger partial charge on any atom is -0.362 e. The number of aryl methyl sites for hydroxylation is 2. The Bertz CT molecular complexity index is 759. The van der Waals surface area contributed by atoms with Gasteiger partial charge in [0.15, 0.2) is 0 Å². The Morgan fingerprint density at radius 1 is 0.833 bits per heavy atom. The van der Waals surface area contributed by atoms with Crippen LogP contribution in [0.1, 0.15) is 22.5 Å². The topological polar surface area (TPSA) is 16.1 Å². The summed E-state index contributed by atoms with van der Waals surface area (Å²) in [6, 6.07) is 23.3. The standard InChI is InChI=1S/C21H21BrN2/c1-16-13-20(21(22)17(2)23-16)24(14-18-9-5-3-6-10-18)15-19-11-7-4-8-12-19/h3-13H,14-15H2,1-2H3. The Balaban J connectivity index is 1.98.